The first-order valence-corrected chi connectivity index (χ1v) is 9.47. The quantitative estimate of drug-likeness (QED) is 0.680. The molecule has 1 saturated heterocycles. The molecule has 0 aliphatic carbocycles. The van der Waals surface area contributed by atoms with E-state index in [1.165, 1.54) is 16.3 Å². The van der Waals surface area contributed by atoms with E-state index in [4.69, 9.17) is 4.42 Å². The fourth-order valence-corrected chi connectivity index (χ4v) is 3.55. The third-order valence-electron chi connectivity index (χ3n) is 5.00. The van der Waals surface area contributed by atoms with E-state index in [9.17, 15) is 9.59 Å². The van der Waals surface area contributed by atoms with Crippen molar-refractivity contribution in [1.29, 1.82) is 0 Å². The number of benzene rings is 1. The first-order valence-electron chi connectivity index (χ1n) is 9.47. The van der Waals surface area contributed by atoms with Gasteiger partial charge in [-0.25, -0.2) is 14.8 Å². The number of oxazole rings is 1. The second-order valence-electron chi connectivity index (χ2n) is 7.04. The Hall–Kier alpha value is -3.22. The predicted molar refractivity (Wildman–Crippen MR) is 103 cm³/mol. The molecular formula is C21H22N4O3. The summed E-state index contributed by atoms with van der Waals surface area (Å²) in [4.78, 5) is 34.3. The molecule has 2 aromatic heterocycles. The van der Waals surface area contributed by atoms with Gasteiger partial charge in [-0.3, -0.25) is 9.36 Å². The molecule has 0 radical (unpaired) electrons. The zero-order valence-electron chi connectivity index (χ0n) is 15.5. The molecule has 3 aromatic rings. The van der Waals surface area contributed by atoms with Gasteiger partial charge >= 0.3 is 5.69 Å². The highest BCUT2D eigenvalue weighted by Gasteiger charge is 2.28. The molecule has 3 heterocycles. The van der Waals surface area contributed by atoms with Gasteiger partial charge in [-0.1, -0.05) is 30.3 Å². The summed E-state index contributed by atoms with van der Waals surface area (Å²) in [5.41, 5.74) is 0.759. The Balaban J connectivity index is 1.40. The maximum atomic E-state index is 12.6. The first kappa shape index (κ1) is 18.2. The van der Waals surface area contributed by atoms with Gasteiger partial charge in [-0.15, -0.1) is 0 Å². The predicted octanol–water partition coefficient (Wildman–Crippen LogP) is 2.23. The summed E-state index contributed by atoms with van der Waals surface area (Å²) in [5.74, 6) is 1.50. The van der Waals surface area contributed by atoms with Crippen LogP contribution in [0.4, 0.5) is 0 Å². The normalized spacial score (nSPS) is 16.9. The van der Waals surface area contributed by atoms with E-state index in [-0.39, 0.29) is 18.4 Å². The topological polar surface area (TPSA) is 81.2 Å². The Kier molecular flexibility index (Phi) is 5.32. The number of likely N-dealkylation sites (tertiary alicyclic amines) is 1. The van der Waals surface area contributed by atoms with Crippen LogP contribution in [-0.2, 0) is 17.8 Å². The van der Waals surface area contributed by atoms with Crippen molar-refractivity contribution in [2.75, 3.05) is 13.1 Å². The number of rotatable bonds is 5. The van der Waals surface area contributed by atoms with Gasteiger partial charge in [0.15, 0.2) is 5.89 Å². The van der Waals surface area contributed by atoms with Crippen LogP contribution in [0.25, 0.3) is 0 Å². The van der Waals surface area contributed by atoms with Crippen LogP contribution in [-0.4, -0.2) is 38.4 Å². The standard InChI is InChI=1S/C21H22N4O3/c26-19(15-25-11-5-9-22-21(25)27)24-10-4-8-17(14-24)20-23-13-18(28-20)12-16-6-2-1-3-7-16/h1-3,5-7,9,11,13,17H,4,8,10,12,14-15H2/t17-/m0/s1. The van der Waals surface area contributed by atoms with Crippen molar-refractivity contribution in [2.45, 2.75) is 31.7 Å². The minimum atomic E-state index is -0.414. The van der Waals surface area contributed by atoms with Crippen molar-refractivity contribution in [3.05, 3.63) is 82.7 Å². The lowest BCUT2D eigenvalue weighted by molar-refractivity contribution is -0.133. The third kappa shape index (κ3) is 4.19. The molecule has 7 nitrogen and oxygen atoms in total. The highest BCUT2D eigenvalue weighted by atomic mass is 16.4. The zero-order valence-corrected chi connectivity index (χ0v) is 15.5. The third-order valence-corrected chi connectivity index (χ3v) is 5.00. The van der Waals surface area contributed by atoms with E-state index in [0.717, 1.165) is 18.6 Å². The van der Waals surface area contributed by atoms with Crippen LogP contribution in [0.1, 0.15) is 36.0 Å². The highest BCUT2D eigenvalue weighted by Crippen LogP contribution is 2.27. The lowest BCUT2D eigenvalue weighted by atomic mass is 9.98. The minimum absolute atomic E-state index is 0.00420. The summed E-state index contributed by atoms with van der Waals surface area (Å²) >= 11 is 0. The molecule has 1 aliphatic heterocycles. The van der Waals surface area contributed by atoms with Gasteiger partial charge < -0.3 is 9.32 Å². The Morgan fingerprint density at radius 3 is 2.86 bits per heavy atom. The van der Waals surface area contributed by atoms with Crippen molar-refractivity contribution in [2.24, 2.45) is 0 Å². The summed E-state index contributed by atoms with van der Waals surface area (Å²) in [6.45, 7) is 1.24. The molecule has 0 N–H and O–H groups in total. The molecule has 28 heavy (non-hydrogen) atoms. The molecule has 7 heteroatoms. The lowest BCUT2D eigenvalue weighted by Crippen LogP contribution is -2.42. The summed E-state index contributed by atoms with van der Waals surface area (Å²) in [6.07, 6.45) is 7.30. The van der Waals surface area contributed by atoms with Crippen LogP contribution in [0.3, 0.4) is 0 Å². The summed E-state index contributed by atoms with van der Waals surface area (Å²) in [7, 11) is 0. The number of hydrogen-bond donors (Lipinski definition) is 0. The molecule has 0 saturated carbocycles. The Bertz CT molecular complexity index is 996. The zero-order chi connectivity index (χ0) is 19.3. The van der Waals surface area contributed by atoms with Crippen LogP contribution in [0.5, 0.6) is 0 Å². The smallest absolute Gasteiger partial charge is 0.347 e. The molecule has 1 aliphatic rings. The number of hydrogen-bond acceptors (Lipinski definition) is 5. The second-order valence-corrected chi connectivity index (χ2v) is 7.04. The van der Waals surface area contributed by atoms with E-state index in [0.29, 0.717) is 25.4 Å². The van der Waals surface area contributed by atoms with Gasteiger partial charge in [-0.2, -0.15) is 0 Å². The van der Waals surface area contributed by atoms with E-state index < -0.39 is 5.69 Å². The number of carbonyl (C=O) groups is 1. The van der Waals surface area contributed by atoms with Crippen molar-refractivity contribution in [3.63, 3.8) is 0 Å². The first-order chi connectivity index (χ1) is 13.7. The Morgan fingerprint density at radius 1 is 1.18 bits per heavy atom. The summed E-state index contributed by atoms with van der Waals surface area (Å²) < 4.78 is 7.31. The molecule has 1 atom stereocenters. The molecule has 1 aromatic carbocycles. The number of amides is 1. The lowest BCUT2D eigenvalue weighted by Gasteiger charge is -2.31. The number of nitrogens with zero attached hydrogens (tertiary/aromatic N) is 4. The molecule has 1 fully saturated rings. The van der Waals surface area contributed by atoms with Crippen molar-refractivity contribution >= 4 is 5.91 Å². The van der Waals surface area contributed by atoms with E-state index in [1.807, 2.05) is 18.2 Å². The molecular weight excluding hydrogens is 356 g/mol. The molecule has 0 spiro atoms. The average Bonchev–Trinajstić information content (AvgIpc) is 3.19. The summed E-state index contributed by atoms with van der Waals surface area (Å²) in [5, 5.41) is 0. The van der Waals surface area contributed by atoms with E-state index >= 15 is 0 Å². The van der Waals surface area contributed by atoms with Gasteiger partial charge in [-0.05, 0) is 24.5 Å². The van der Waals surface area contributed by atoms with Gasteiger partial charge in [0.1, 0.15) is 12.3 Å². The number of aromatic nitrogens is 3. The minimum Gasteiger partial charge on any atom is -0.445 e. The molecule has 1 amide bonds. The molecule has 0 unspecified atom stereocenters. The van der Waals surface area contributed by atoms with Crippen molar-refractivity contribution < 1.29 is 9.21 Å². The summed E-state index contributed by atoms with van der Waals surface area (Å²) in [6, 6.07) is 11.8. The highest BCUT2D eigenvalue weighted by molar-refractivity contribution is 5.76. The van der Waals surface area contributed by atoms with Gasteiger partial charge in [0.2, 0.25) is 5.91 Å². The van der Waals surface area contributed by atoms with Crippen molar-refractivity contribution in [3.8, 4) is 0 Å². The molecule has 4 rings (SSSR count). The Labute approximate surface area is 162 Å². The average molecular weight is 378 g/mol. The molecule has 144 valence electrons. The Morgan fingerprint density at radius 2 is 2.04 bits per heavy atom. The molecule has 0 bridgehead atoms. The number of carbonyl (C=O) groups excluding carboxylic acids is 1. The van der Waals surface area contributed by atoms with Crippen molar-refractivity contribution in [1.82, 2.24) is 19.4 Å². The van der Waals surface area contributed by atoms with Gasteiger partial charge in [0.25, 0.3) is 0 Å². The van der Waals surface area contributed by atoms with Crippen LogP contribution < -0.4 is 5.69 Å². The number of piperidine rings is 1. The maximum Gasteiger partial charge on any atom is 0.347 e. The van der Waals surface area contributed by atoms with E-state index in [1.54, 1.807) is 23.4 Å². The SMILES string of the molecule is O=C(Cn1cccnc1=O)N1CCC[C@H](c2ncc(Cc3ccccc3)o2)C1. The van der Waals surface area contributed by atoms with E-state index in [2.05, 4.69) is 22.1 Å². The largest absolute Gasteiger partial charge is 0.445 e. The van der Waals surface area contributed by atoms with Gasteiger partial charge in [0.05, 0.1) is 12.1 Å². The van der Waals surface area contributed by atoms with Crippen LogP contribution in [0.15, 0.2) is 64.2 Å². The second kappa shape index (κ2) is 8.21. The fourth-order valence-electron chi connectivity index (χ4n) is 3.55. The van der Waals surface area contributed by atoms with Crippen LogP contribution in [0.2, 0.25) is 0 Å². The fraction of sp³-hybridized carbons (Fsp3) is 0.333. The van der Waals surface area contributed by atoms with Gasteiger partial charge in [0, 0.05) is 31.9 Å². The maximum absolute atomic E-state index is 12.6. The monoisotopic (exact) mass is 378 g/mol. The van der Waals surface area contributed by atoms with Crippen LogP contribution >= 0.6 is 0 Å². The van der Waals surface area contributed by atoms with Crippen LogP contribution in [0, 0.1) is 0 Å².